The second-order valence-electron chi connectivity index (χ2n) is 3.53. The van der Waals surface area contributed by atoms with Gasteiger partial charge in [0.05, 0.1) is 0 Å². The molecule has 0 radical (unpaired) electrons. The van der Waals surface area contributed by atoms with Crippen molar-refractivity contribution >= 4 is 11.8 Å². The average Bonchev–Trinajstić information content (AvgIpc) is 2.03. The van der Waals surface area contributed by atoms with E-state index in [1.165, 1.54) is 0 Å². The van der Waals surface area contributed by atoms with Crippen LogP contribution in [0.5, 0.6) is 0 Å². The summed E-state index contributed by atoms with van der Waals surface area (Å²) in [6.07, 6.45) is 4.43. The number of hydrogen-bond donors (Lipinski definition) is 0. The van der Waals surface area contributed by atoms with Crippen LogP contribution in [0.3, 0.4) is 0 Å². The zero-order chi connectivity index (χ0) is 9.68. The van der Waals surface area contributed by atoms with Gasteiger partial charge in [0.15, 0.2) is 0 Å². The molecule has 0 aromatic heterocycles. The van der Waals surface area contributed by atoms with E-state index in [1.807, 2.05) is 0 Å². The molecule has 1 saturated heterocycles. The largest absolute Gasteiger partial charge is 0.462 e. The summed E-state index contributed by atoms with van der Waals surface area (Å²) in [7, 11) is 0. The summed E-state index contributed by atoms with van der Waals surface area (Å²) in [5.74, 6) is -0.324. The first-order valence-electron chi connectivity index (χ1n) is 4.93. The molecular formula is C10H16O3. The Kier molecular flexibility index (Phi) is 3.93. The van der Waals surface area contributed by atoms with Gasteiger partial charge < -0.3 is 4.74 Å². The van der Waals surface area contributed by atoms with E-state index >= 15 is 0 Å². The molecule has 0 saturated carbocycles. The van der Waals surface area contributed by atoms with Crippen LogP contribution in [-0.4, -0.2) is 17.9 Å². The number of ether oxygens (including phenoxy) is 1. The fourth-order valence-corrected chi connectivity index (χ4v) is 1.54. The Morgan fingerprint density at radius 2 is 2.15 bits per heavy atom. The van der Waals surface area contributed by atoms with Crippen molar-refractivity contribution in [2.24, 2.45) is 0 Å². The van der Waals surface area contributed by atoms with Crippen LogP contribution in [0.4, 0.5) is 0 Å². The lowest BCUT2D eigenvalue weighted by Gasteiger charge is -2.21. The fourth-order valence-electron chi connectivity index (χ4n) is 1.54. The molecule has 3 heteroatoms. The first-order chi connectivity index (χ1) is 6.22. The molecule has 1 heterocycles. The number of carbonyl (C=O) groups is 2. The summed E-state index contributed by atoms with van der Waals surface area (Å²) in [4.78, 5) is 21.9. The predicted octanol–water partition coefficient (Wildman–Crippen LogP) is 1.84. The third kappa shape index (κ3) is 3.57. The quantitative estimate of drug-likeness (QED) is 0.380. The third-order valence-corrected chi connectivity index (χ3v) is 2.22. The van der Waals surface area contributed by atoms with Gasteiger partial charge in [-0.25, -0.2) is 0 Å². The lowest BCUT2D eigenvalue weighted by Crippen LogP contribution is -2.29. The molecule has 0 amide bonds. The third-order valence-electron chi connectivity index (χ3n) is 2.22. The van der Waals surface area contributed by atoms with E-state index in [4.69, 9.17) is 4.74 Å². The van der Waals surface area contributed by atoms with E-state index in [0.29, 0.717) is 6.42 Å². The first-order valence-corrected chi connectivity index (χ1v) is 4.93. The van der Waals surface area contributed by atoms with E-state index in [9.17, 15) is 9.59 Å². The Hall–Kier alpha value is -0.860. The Morgan fingerprint density at radius 1 is 1.38 bits per heavy atom. The van der Waals surface area contributed by atoms with Crippen LogP contribution >= 0.6 is 0 Å². The minimum atomic E-state index is -0.349. The van der Waals surface area contributed by atoms with Crippen molar-refractivity contribution in [2.75, 3.05) is 0 Å². The van der Waals surface area contributed by atoms with Crippen LogP contribution in [0.2, 0.25) is 0 Å². The predicted molar refractivity (Wildman–Crippen MR) is 48.3 cm³/mol. The van der Waals surface area contributed by atoms with E-state index in [1.54, 1.807) is 0 Å². The van der Waals surface area contributed by atoms with Gasteiger partial charge >= 0.3 is 5.97 Å². The fraction of sp³-hybridized carbons (Fsp3) is 0.800. The smallest absolute Gasteiger partial charge is 0.313 e. The lowest BCUT2D eigenvalue weighted by molar-refractivity contribution is -0.158. The Morgan fingerprint density at radius 3 is 2.77 bits per heavy atom. The van der Waals surface area contributed by atoms with Crippen molar-refractivity contribution in [3.05, 3.63) is 0 Å². The van der Waals surface area contributed by atoms with Gasteiger partial charge in [-0.05, 0) is 12.8 Å². The first kappa shape index (κ1) is 10.2. The van der Waals surface area contributed by atoms with Crippen molar-refractivity contribution in [3.8, 4) is 0 Å². The molecule has 1 fully saturated rings. The highest BCUT2D eigenvalue weighted by Crippen LogP contribution is 2.16. The molecule has 74 valence electrons. The van der Waals surface area contributed by atoms with E-state index < -0.39 is 0 Å². The van der Waals surface area contributed by atoms with Crippen LogP contribution < -0.4 is 0 Å². The normalized spacial score (nSPS) is 23.0. The number of cyclic esters (lactones) is 1. The van der Waals surface area contributed by atoms with Gasteiger partial charge in [0.2, 0.25) is 0 Å². The molecule has 3 nitrogen and oxygen atoms in total. The topological polar surface area (TPSA) is 43.4 Å². The molecular weight excluding hydrogens is 168 g/mol. The van der Waals surface area contributed by atoms with Crippen molar-refractivity contribution in [1.29, 1.82) is 0 Å². The van der Waals surface area contributed by atoms with Gasteiger partial charge in [0, 0.05) is 6.42 Å². The molecule has 1 aliphatic rings. The Balaban J connectivity index is 2.25. The minimum absolute atomic E-state index is 0.0235. The average molecular weight is 184 g/mol. The van der Waals surface area contributed by atoms with E-state index in [2.05, 4.69) is 6.92 Å². The molecule has 0 spiro atoms. The zero-order valence-corrected chi connectivity index (χ0v) is 8.04. The maximum atomic E-state index is 11.0. The van der Waals surface area contributed by atoms with Crippen LogP contribution in [0.15, 0.2) is 0 Å². The molecule has 0 aromatic carbocycles. The van der Waals surface area contributed by atoms with Crippen molar-refractivity contribution in [1.82, 2.24) is 0 Å². The molecule has 1 aliphatic heterocycles. The summed E-state index contributed by atoms with van der Waals surface area (Å²) >= 11 is 0. The Labute approximate surface area is 78.5 Å². The molecule has 0 unspecified atom stereocenters. The highest BCUT2D eigenvalue weighted by atomic mass is 16.5. The minimum Gasteiger partial charge on any atom is -0.462 e. The number of ketones is 1. The van der Waals surface area contributed by atoms with Crippen molar-refractivity contribution in [2.45, 2.75) is 51.6 Å². The summed E-state index contributed by atoms with van der Waals surface area (Å²) in [5, 5.41) is 0. The van der Waals surface area contributed by atoms with Gasteiger partial charge in [-0.2, -0.15) is 0 Å². The maximum absolute atomic E-state index is 11.0. The van der Waals surface area contributed by atoms with Gasteiger partial charge in [-0.15, -0.1) is 0 Å². The molecule has 0 bridgehead atoms. The van der Waals surface area contributed by atoms with Gasteiger partial charge in [-0.3, -0.25) is 9.59 Å². The summed E-state index contributed by atoms with van der Waals surface area (Å²) < 4.78 is 5.04. The number of hydrogen-bond acceptors (Lipinski definition) is 3. The molecule has 1 atom stereocenters. The molecule has 0 N–H and O–H groups in total. The second kappa shape index (κ2) is 5.00. The van der Waals surface area contributed by atoms with Gasteiger partial charge in [0.1, 0.15) is 18.3 Å². The monoisotopic (exact) mass is 184 g/mol. The number of rotatable bonds is 4. The van der Waals surface area contributed by atoms with Crippen molar-refractivity contribution in [3.63, 3.8) is 0 Å². The SMILES string of the molecule is CCCCC[C@H]1CC(=O)CC(=O)O1. The summed E-state index contributed by atoms with van der Waals surface area (Å²) in [6.45, 7) is 2.12. The number of Topliss-reactive ketones (excluding diaryl/α,β-unsaturated/α-hetero) is 1. The number of unbranched alkanes of at least 4 members (excludes halogenated alkanes) is 2. The van der Waals surface area contributed by atoms with Crippen LogP contribution in [-0.2, 0) is 14.3 Å². The molecule has 13 heavy (non-hydrogen) atoms. The Bertz CT molecular complexity index is 182. The van der Waals surface area contributed by atoms with Crippen LogP contribution in [0.1, 0.15) is 45.4 Å². The maximum Gasteiger partial charge on any atom is 0.313 e. The summed E-state index contributed by atoms with van der Waals surface area (Å²) in [6, 6.07) is 0. The van der Waals surface area contributed by atoms with E-state index in [-0.39, 0.29) is 24.3 Å². The highest BCUT2D eigenvalue weighted by Gasteiger charge is 2.25. The standard InChI is InChI=1S/C10H16O3/c1-2-3-4-5-9-6-8(11)7-10(12)13-9/h9H,2-7H2,1H3/t9-/m0/s1. The molecule has 0 aromatic rings. The zero-order valence-electron chi connectivity index (χ0n) is 8.04. The van der Waals surface area contributed by atoms with Gasteiger partial charge in [-0.1, -0.05) is 19.8 Å². The van der Waals surface area contributed by atoms with Crippen LogP contribution in [0, 0.1) is 0 Å². The van der Waals surface area contributed by atoms with Gasteiger partial charge in [0.25, 0.3) is 0 Å². The molecule has 0 aliphatic carbocycles. The molecule has 1 rings (SSSR count). The second-order valence-corrected chi connectivity index (χ2v) is 3.53. The van der Waals surface area contributed by atoms with Crippen LogP contribution in [0.25, 0.3) is 0 Å². The number of esters is 1. The van der Waals surface area contributed by atoms with Crippen molar-refractivity contribution < 1.29 is 14.3 Å². The van der Waals surface area contributed by atoms with E-state index in [0.717, 1.165) is 25.7 Å². The lowest BCUT2D eigenvalue weighted by atomic mass is 10.0. The number of carbonyl (C=O) groups excluding carboxylic acids is 2. The highest BCUT2D eigenvalue weighted by molar-refractivity contribution is 5.97. The summed E-state index contributed by atoms with van der Waals surface area (Å²) in [5.41, 5.74) is 0.